The molecular weight excluding hydrogens is 238 g/mol. The van der Waals surface area contributed by atoms with E-state index in [0.717, 1.165) is 5.92 Å². The zero-order valence-electron chi connectivity index (χ0n) is 9.74. The largest absolute Gasteiger partial charge is 0.384 e. The highest BCUT2D eigenvalue weighted by atomic mass is 35.5. The highest BCUT2D eigenvalue weighted by Gasteiger charge is 2.28. The van der Waals surface area contributed by atoms with E-state index in [1.807, 2.05) is 0 Å². The number of nitrogens with one attached hydrogen (secondary N) is 1. The molecule has 4 nitrogen and oxygen atoms in total. The second kappa shape index (κ2) is 4.92. The van der Waals surface area contributed by atoms with Gasteiger partial charge in [-0.2, -0.15) is 0 Å². The summed E-state index contributed by atoms with van der Waals surface area (Å²) >= 11 is 5.90. The Hall–Kier alpha value is -1.29. The van der Waals surface area contributed by atoms with E-state index in [1.165, 1.54) is 25.1 Å². The topological polar surface area (TPSA) is 68.0 Å². The van der Waals surface area contributed by atoms with Crippen molar-refractivity contribution in [3.63, 3.8) is 0 Å². The molecular formula is C12H16ClN3O. The van der Waals surface area contributed by atoms with Gasteiger partial charge in [0.25, 0.3) is 5.91 Å². The Morgan fingerprint density at radius 1 is 1.71 bits per heavy atom. The van der Waals surface area contributed by atoms with Crippen molar-refractivity contribution in [3.8, 4) is 0 Å². The molecule has 1 atom stereocenters. The van der Waals surface area contributed by atoms with E-state index in [4.69, 9.17) is 17.3 Å². The Bertz CT molecular complexity index is 432. The number of nitrogens with two attached hydrogens (primary N) is 1. The number of hydrogen-bond acceptors (Lipinski definition) is 3. The average molecular weight is 254 g/mol. The number of pyridine rings is 1. The maximum absolute atomic E-state index is 11.9. The lowest BCUT2D eigenvalue weighted by atomic mass is 10.1. The first kappa shape index (κ1) is 12.2. The van der Waals surface area contributed by atoms with E-state index in [-0.39, 0.29) is 5.91 Å². The molecule has 1 aromatic rings. The van der Waals surface area contributed by atoms with E-state index in [9.17, 15) is 4.79 Å². The van der Waals surface area contributed by atoms with Crippen molar-refractivity contribution in [1.82, 2.24) is 10.3 Å². The van der Waals surface area contributed by atoms with Gasteiger partial charge < -0.3 is 11.1 Å². The van der Waals surface area contributed by atoms with E-state index in [2.05, 4.69) is 17.2 Å². The number of rotatable bonds is 4. The quantitative estimate of drug-likeness (QED) is 0.863. The van der Waals surface area contributed by atoms with Crippen LogP contribution < -0.4 is 11.1 Å². The van der Waals surface area contributed by atoms with Crippen LogP contribution in [0.5, 0.6) is 0 Å². The van der Waals surface area contributed by atoms with Gasteiger partial charge >= 0.3 is 0 Å². The third-order valence-corrected chi connectivity index (χ3v) is 3.43. The van der Waals surface area contributed by atoms with Crippen LogP contribution in [0.2, 0.25) is 5.02 Å². The first-order valence-corrected chi connectivity index (χ1v) is 6.15. The van der Waals surface area contributed by atoms with Crippen molar-refractivity contribution in [2.75, 3.05) is 12.3 Å². The second-order valence-corrected chi connectivity index (χ2v) is 5.02. The van der Waals surface area contributed by atoms with Crippen molar-refractivity contribution < 1.29 is 4.79 Å². The predicted octanol–water partition coefficient (Wildman–Crippen LogP) is 2.09. The molecule has 1 amide bonds. The monoisotopic (exact) mass is 253 g/mol. The summed E-state index contributed by atoms with van der Waals surface area (Å²) < 4.78 is 0. The molecule has 1 unspecified atom stereocenters. The van der Waals surface area contributed by atoms with Crippen molar-refractivity contribution >= 4 is 23.3 Å². The van der Waals surface area contributed by atoms with Crippen molar-refractivity contribution in [2.45, 2.75) is 19.8 Å². The number of hydrogen-bond donors (Lipinski definition) is 2. The Morgan fingerprint density at radius 2 is 2.41 bits per heavy atom. The molecule has 0 aliphatic heterocycles. The summed E-state index contributed by atoms with van der Waals surface area (Å²) in [6.07, 6.45) is 3.95. The van der Waals surface area contributed by atoms with E-state index >= 15 is 0 Å². The Morgan fingerprint density at radius 3 is 3.06 bits per heavy atom. The van der Waals surface area contributed by atoms with Gasteiger partial charge in [0.1, 0.15) is 5.82 Å². The number of carbonyl (C=O) groups excluding carboxylic acids is 1. The third kappa shape index (κ3) is 3.09. The smallest absolute Gasteiger partial charge is 0.252 e. The normalized spacial score (nSPS) is 16.6. The molecule has 5 heteroatoms. The van der Waals surface area contributed by atoms with Crippen molar-refractivity contribution in [1.29, 1.82) is 0 Å². The molecule has 0 bridgehead atoms. The molecule has 0 saturated heterocycles. The summed E-state index contributed by atoms with van der Waals surface area (Å²) in [6, 6.07) is 1.50. The first-order chi connectivity index (χ1) is 8.08. The van der Waals surface area contributed by atoms with E-state index < -0.39 is 0 Å². The number of anilines is 1. The minimum Gasteiger partial charge on any atom is -0.384 e. The van der Waals surface area contributed by atoms with Gasteiger partial charge in [-0.05, 0) is 30.7 Å². The van der Waals surface area contributed by atoms with Gasteiger partial charge in [0.15, 0.2) is 0 Å². The number of halogens is 1. The molecule has 2 rings (SSSR count). The molecule has 1 aliphatic rings. The van der Waals surface area contributed by atoms with Crippen LogP contribution in [-0.2, 0) is 0 Å². The van der Waals surface area contributed by atoms with E-state index in [1.54, 1.807) is 0 Å². The average Bonchev–Trinajstić information content (AvgIpc) is 3.12. The predicted molar refractivity (Wildman–Crippen MR) is 67.9 cm³/mol. The third-order valence-electron chi connectivity index (χ3n) is 3.13. The second-order valence-electron chi connectivity index (χ2n) is 4.61. The fourth-order valence-electron chi connectivity index (χ4n) is 1.81. The van der Waals surface area contributed by atoms with Crippen LogP contribution in [0, 0.1) is 11.8 Å². The van der Waals surface area contributed by atoms with E-state index in [0.29, 0.717) is 28.9 Å². The summed E-state index contributed by atoms with van der Waals surface area (Å²) in [4.78, 5) is 15.7. The fourth-order valence-corrected chi connectivity index (χ4v) is 2.00. The van der Waals surface area contributed by atoms with Crippen molar-refractivity contribution in [2.24, 2.45) is 11.8 Å². The molecule has 1 fully saturated rings. The lowest BCUT2D eigenvalue weighted by molar-refractivity contribution is 0.0947. The van der Waals surface area contributed by atoms with Crippen LogP contribution in [0.1, 0.15) is 30.1 Å². The Balaban J connectivity index is 1.96. The van der Waals surface area contributed by atoms with Gasteiger partial charge in [-0.3, -0.25) is 4.79 Å². The Labute approximate surface area is 106 Å². The zero-order chi connectivity index (χ0) is 12.4. The van der Waals surface area contributed by atoms with Gasteiger partial charge in [0, 0.05) is 12.7 Å². The van der Waals surface area contributed by atoms with Gasteiger partial charge in [0.05, 0.1) is 10.6 Å². The first-order valence-electron chi connectivity index (χ1n) is 5.77. The summed E-state index contributed by atoms with van der Waals surface area (Å²) in [5, 5.41) is 3.21. The summed E-state index contributed by atoms with van der Waals surface area (Å²) in [5.41, 5.74) is 5.92. The molecule has 0 radical (unpaired) electrons. The number of carbonyl (C=O) groups is 1. The minimum atomic E-state index is -0.184. The summed E-state index contributed by atoms with van der Waals surface area (Å²) in [5.74, 6) is 1.41. The summed E-state index contributed by atoms with van der Waals surface area (Å²) in [7, 11) is 0. The fraction of sp³-hybridized carbons (Fsp3) is 0.500. The SMILES string of the molecule is CC(CNC(=O)c1cc(N)ncc1Cl)C1CC1. The highest BCUT2D eigenvalue weighted by Crippen LogP contribution is 2.36. The lowest BCUT2D eigenvalue weighted by Crippen LogP contribution is -2.29. The van der Waals surface area contributed by atoms with Crippen LogP contribution in [0.3, 0.4) is 0 Å². The molecule has 92 valence electrons. The highest BCUT2D eigenvalue weighted by molar-refractivity contribution is 6.33. The van der Waals surface area contributed by atoms with Gasteiger partial charge in [0.2, 0.25) is 0 Å². The van der Waals surface area contributed by atoms with Crippen molar-refractivity contribution in [3.05, 3.63) is 22.8 Å². The van der Waals surface area contributed by atoms with Crippen LogP contribution in [0.25, 0.3) is 0 Å². The molecule has 17 heavy (non-hydrogen) atoms. The van der Waals surface area contributed by atoms with Crippen LogP contribution >= 0.6 is 11.6 Å². The van der Waals surface area contributed by atoms with Crippen LogP contribution in [0.4, 0.5) is 5.82 Å². The maximum atomic E-state index is 11.9. The van der Waals surface area contributed by atoms with Gasteiger partial charge in [-0.15, -0.1) is 0 Å². The van der Waals surface area contributed by atoms with Gasteiger partial charge in [-0.25, -0.2) is 4.98 Å². The zero-order valence-corrected chi connectivity index (χ0v) is 10.5. The summed E-state index contributed by atoms with van der Waals surface area (Å²) in [6.45, 7) is 2.84. The lowest BCUT2D eigenvalue weighted by Gasteiger charge is -2.12. The molecule has 0 aromatic carbocycles. The Kier molecular flexibility index (Phi) is 3.52. The maximum Gasteiger partial charge on any atom is 0.252 e. The van der Waals surface area contributed by atoms with Crippen LogP contribution in [-0.4, -0.2) is 17.4 Å². The number of nitrogen functional groups attached to an aromatic ring is 1. The minimum absolute atomic E-state index is 0.184. The molecule has 1 saturated carbocycles. The number of aromatic nitrogens is 1. The van der Waals surface area contributed by atoms with Gasteiger partial charge in [-0.1, -0.05) is 18.5 Å². The standard InChI is InChI=1S/C12H16ClN3O/c1-7(8-2-3-8)5-16-12(17)9-4-11(14)15-6-10(9)13/h4,6-8H,2-3,5H2,1H3,(H2,14,15)(H,16,17). The molecule has 3 N–H and O–H groups in total. The van der Waals surface area contributed by atoms with Crippen LogP contribution in [0.15, 0.2) is 12.3 Å². The molecule has 1 heterocycles. The number of amides is 1. The number of nitrogens with zero attached hydrogens (tertiary/aromatic N) is 1. The molecule has 1 aliphatic carbocycles. The molecule has 1 aromatic heterocycles. The molecule has 0 spiro atoms.